The Balaban J connectivity index is 1.53. The number of nitrogens with zero attached hydrogens (tertiary/aromatic N) is 5. The molecular formula is C19H22N6O2. The van der Waals surface area contributed by atoms with Crippen LogP contribution in [0.1, 0.15) is 19.3 Å². The lowest BCUT2D eigenvalue weighted by Gasteiger charge is -2.30. The standard InChI is InChI=1S/C19H22N6O2/c1-23-18-14(11-21-23)19(27)25(13-20-18)12-17(26)22-15-7-3-4-8-16(15)24-9-5-2-6-10-24/h3-4,7-8,11,13H,2,5-6,9-10,12H2,1H3,(H,22,26). The molecule has 1 aliphatic rings. The molecule has 1 fully saturated rings. The number of carbonyl (C=O) groups is 1. The largest absolute Gasteiger partial charge is 0.370 e. The second-order valence-corrected chi connectivity index (χ2v) is 6.80. The van der Waals surface area contributed by atoms with E-state index < -0.39 is 0 Å². The van der Waals surface area contributed by atoms with Crippen molar-refractivity contribution < 1.29 is 4.79 Å². The van der Waals surface area contributed by atoms with Crippen molar-refractivity contribution in [1.29, 1.82) is 0 Å². The molecule has 0 bridgehead atoms. The van der Waals surface area contributed by atoms with Crippen LogP contribution >= 0.6 is 0 Å². The van der Waals surface area contributed by atoms with Crippen molar-refractivity contribution in [1.82, 2.24) is 19.3 Å². The lowest BCUT2D eigenvalue weighted by molar-refractivity contribution is -0.116. The van der Waals surface area contributed by atoms with Gasteiger partial charge < -0.3 is 10.2 Å². The Kier molecular flexibility index (Phi) is 4.62. The number of hydrogen-bond donors (Lipinski definition) is 1. The molecule has 27 heavy (non-hydrogen) atoms. The summed E-state index contributed by atoms with van der Waals surface area (Å²) in [6, 6.07) is 7.80. The van der Waals surface area contributed by atoms with Crippen molar-refractivity contribution in [2.45, 2.75) is 25.8 Å². The lowest BCUT2D eigenvalue weighted by Crippen LogP contribution is -2.31. The smallest absolute Gasteiger partial charge is 0.264 e. The molecule has 0 saturated carbocycles. The summed E-state index contributed by atoms with van der Waals surface area (Å²) >= 11 is 0. The predicted molar refractivity (Wildman–Crippen MR) is 104 cm³/mol. The van der Waals surface area contributed by atoms with E-state index in [2.05, 4.69) is 20.3 Å². The molecule has 0 atom stereocenters. The fourth-order valence-corrected chi connectivity index (χ4v) is 3.51. The average molecular weight is 366 g/mol. The average Bonchev–Trinajstić information content (AvgIpc) is 3.07. The minimum atomic E-state index is -0.271. The van der Waals surface area contributed by atoms with Crippen LogP contribution in [-0.4, -0.2) is 38.3 Å². The number of nitrogens with one attached hydrogen (secondary N) is 1. The topological polar surface area (TPSA) is 85.0 Å². The summed E-state index contributed by atoms with van der Waals surface area (Å²) in [5.74, 6) is -0.258. The second-order valence-electron chi connectivity index (χ2n) is 6.80. The summed E-state index contributed by atoms with van der Waals surface area (Å²) in [7, 11) is 1.73. The maximum atomic E-state index is 12.6. The number of hydrogen-bond acceptors (Lipinski definition) is 5. The first-order chi connectivity index (χ1) is 13.1. The summed E-state index contributed by atoms with van der Waals surface area (Å²) < 4.78 is 2.85. The normalized spacial score (nSPS) is 14.5. The van der Waals surface area contributed by atoms with Crippen molar-refractivity contribution in [2.24, 2.45) is 7.05 Å². The molecule has 0 radical (unpaired) electrons. The van der Waals surface area contributed by atoms with Gasteiger partial charge in [0.05, 0.1) is 17.6 Å². The van der Waals surface area contributed by atoms with E-state index in [0.717, 1.165) is 37.3 Å². The number of para-hydroxylation sites is 2. The van der Waals surface area contributed by atoms with Gasteiger partial charge >= 0.3 is 0 Å². The first-order valence-electron chi connectivity index (χ1n) is 9.14. The minimum Gasteiger partial charge on any atom is -0.370 e. The van der Waals surface area contributed by atoms with Gasteiger partial charge in [-0.3, -0.25) is 18.8 Å². The Morgan fingerprint density at radius 3 is 2.78 bits per heavy atom. The van der Waals surface area contributed by atoms with Crippen molar-refractivity contribution >= 4 is 28.3 Å². The predicted octanol–water partition coefficient (Wildman–Crippen LogP) is 1.76. The van der Waals surface area contributed by atoms with Crippen molar-refractivity contribution in [2.75, 3.05) is 23.3 Å². The zero-order valence-electron chi connectivity index (χ0n) is 15.3. The molecule has 0 unspecified atom stereocenters. The van der Waals surface area contributed by atoms with Gasteiger partial charge in [-0.15, -0.1) is 0 Å². The zero-order chi connectivity index (χ0) is 18.8. The monoisotopic (exact) mass is 366 g/mol. The van der Waals surface area contributed by atoms with Gasteiger partial charge in [-0.1, -0.05) is 12.1 Å². The zero-order valence-corrected chi connectivity index (χ0v) is 15.3. The third-order valence-corrected chi connectivity index (χ3v) is 4.91. The SMILES string of the molecule is Cn1ncc2c(=O)n(CC(=O)Nc3ccccc3N3CCCCC3)cnc21. The molecule has 8 heteroatoms. The first-order valence-corrected chi connectivity index (χ1v) is 9.14. The molecule has 1 N–H and O–H groups in total. The van der Waals surface area contributed by atoms with Crippen LogP contribution < -0.4 is 15.8 Å². The molecule has 1 saturated heterocycles. The van der Waals surface area contributed by atoms with Gasteiger partial charge in [0.2, 0.25) is 5.91 Å². The van der Waals surface area contributed by atoms with Crippen LogP contribution in [0.4, 0.5) is 11.4 Å². The van der Waals surface area contributed by atoms with Crippen molar-refractivity contribution in [3.05, 3.63) is 47.1 Å². The highest BCUT2D eigenvalue weighted by Crippen LogP contribution is 2.28. The summed E-state index contributed by atoms with van der Waals surface area (Å²) in [6.45, 7) is 1.90. The van der Waals surface area contributed by atoms with Gasteiger partial charge in [-0.2, -0.15) is 5.10 Å². The van der Waals surface area contributed by atoms with Crippen LogP contribution in [0.2, 0.25) is 0 Å². The maximum absolute atomic E-state index is 12.6. The number of carbonyl (C=O) groups excluding carboxylic acids is 1. The van der Waals surface area contributed by atoms with E-state index in [-0.39, 0.29) is 18.0 Å². The molecule has 2 aromatic heterocycles. The summed E-state index contributed by atoms with van der Waals surface area (Å²) in [5, 5.41) is 7.39. The number of fused-ring (bicyclic) bond motifs is 1. The number of rotatable bonds is 4. The Bertz CT molecular complexity index is 1030. The molecule has 8 nitrogen and oxygen atoms in total. The van der Waals surface area contributed by atoms with Gasteiger partial charge in [0, 0.05) is 20.1 Å². The minimum absolute atomic E-state index is 0.0923. The highest BCUT2D eigenvalue weighted by molar-refractivity contribution is 5.94. The van der Waals surface area contributed by atoms with Crippen LogP contribution in [0.25, 0.3) is 11.0 Å². The molecule has 4 rings (SSSR count). The van der Waals surface area contributed by atoms with Gasteiger partial charge in [-0.05, 0) is 31.4 Å². The van der Waals surface area contributed by atoms with Crippen LogP contribution in [0.15, 0.2) is 41.6 Å². The number of aromatic nitrogens is 4. The van der Waals surface area contributed by atoms with E-state index in [1.54, 1.807) is 7.05 Å². The molecule has 3 heterocycles. The van der Waals surface area contributed by atoms with Crippen LogP contribution in [0.3, 0.4) is 0 Å². The van der Waals surface area contributed by atoms with Gasteiger partial charge in [0.15, 0.2) is 5.65 Å². The fraction of sp³-hybridized carbons (Fsp3) is 0.368. The van der Waals surface area contributed by atoms with Crippen LogP contribution in [-0.2, 0) is 18.4 Å². The van der Waals surface area contributed by atoms with Crippen molar-refractivity contribution in [3.8, 4) is 0 Å². The molecule has 0 spiro atoms. The number of anilines is 2. The van der Waals surface area contributed by atoms with Gasteiger partial charge in [0.1, 0.15) is 18.3 Å². The van der Waals surface area contributed by atoms with E-state index in [1.165, 1.54) is 28.2 Å². The highest BCUT2D eigenvalue weighted by atomic mass is 16.2. The number of piperidine rings is 1. The molecular weight excluding hydrogens is 344 g/mol. The third kappa shape index (κ3) is 3.42. The van der Waals surface area contributed by atoms with E-state index in [9.17, 15) is 9.59 Å². The Morgan fingerprint density at radius 1 is 1.19 bits per heavy atom. The number of aryl methyl sites for hydroxylation is 1. The number of amides is 1. The lowest BCUT2D eigenvalue weighted by atomic mass is 10.1. The Labute approximate surface area is 156 Å². The van der Waals surface area contributed by atoms with Gasteiger partial charge in [0.25, 0.3) is 5.56 Å². The molecule has 0 aliphatic carbocycles. The van der Waals surface area contributed by atoms with Crippen molar-refractivity contribution in [3.63, 3.8) is 0 Å². The molecule has 1 aliphatic heterocycles. The van der Waals surface area contributed by atoms with E-state index >= 15 is 0 Å². The Morgan fingerprint density at radius 2 is 1.96 bits per heavy atom. The van der Waals surface area contributed by atoms with E-state index in [1.807, 2.05) is 24.3 Å². The molecule has 3 aromatic rings. The maximum Gasteiger partial charge on any atom is 0.264 e. The summed E-state index contributed by atoms with van der Waals surface area (Å²) in [4.78, 5) is 31.6. The molecule has 140 valence electrons. The first kappa shape index (κ1) is 17.3. The second kappa shape index (κ2) is 7.22. The number of benzene rings is 1. The third-order valence-electron chi connectivity index (χ3n) is 4.91. The Hall–Kier alpha value is -3.16. The quantitative estimate of drug-likeness (QED) is 0.760. The van der Waals surface area contributed by atoms with Gasteiger partial charge in [-0.25, -0.2) is 4.98 Å². The molecule has 1 amide bonds. The summed E-state index contributed by atoms with van der Waals surface area (Å²) in [5.41, 5.74) is 2.03. The van der Waals surface area contributed by atoms with Crippen LogP contribution in [0.5, 0.6) is 0 Å². The molecule has 1 aromatic carbocycles. The van der Waals surface area contributed by atoms with E-state index in [0.29, 0.717) is 11.0 Å². The van der Waals surface area contributed by atoms with Crippen LogP contribution in [0, 0.1) is 0 Å². The fourth-order valence-electron chi connectivity index (χ4n) is 3.51. The summed E-state index contributed by atoms with van der Waals surface area (Å²) in [6.07, 6.45) is 6.44. The highest BCUT2D eigenvalue weighted by Gasteiger charge is 2.16. The van der Waals surface area contributed by atoms with E-state index in [4.69, 9.17) is 0 Å².